The molecule has 2 fully saturated rings. The van der Waals surface area contributed by atoms with E-state index in [2.05, 4.69) is 32.7 Å². The van der Waals surface area contributed by atoms with Crippen LogP contribution in [0.5, 0.6) is 0 Å². The van der Waals surface area contributed by atoms with Gasteiger partial charge in [-0.25, -0.2) is 4.98 Å². The Kier molecular flexibility index (Phi) is 7.81. The number of halogens is 3. The molecule has 1 aromatic carbocycles. The maximum atomic E-state index is 14.0. The molecule has 2 N–H and O–H groups in total. The van der Waals surface area contributed by atoms with Crippen molar-refractivity contribution in [2.45, 2.75) is 64.3 Å². The van der Waals surface area contributed by atoms with Crippen molar-refractivity contribution in [2.75, 3.05) is 41.4 Å². The smallest absolute Gasteiger partial charge is 0.378 e. The summed E-state index contributed by atoms with van der Waals surface area (Å²) in [5.41, 5.74) is 3.57. The standard InChI is InChI=1S/C28H36F3N5O2/c1-18(2)25(28(29,30)31)33-21-7-5-19(6-8-21)27(37)36-17-20-4-3-11-32-26(20)34-23-10-9-22(16-24(23)36)35-12-14-38-15-13-35/h3-4,9-11,16,18-19,21,25,33H,5-8,12-15,17H2,1-2H3,(H,32,34). The first kappa shape index (κ1) is 26.7. The number of aromatic nitrogens is 1. The van der Waals surface area contributed by atoms with Gasteiger partial charge in [0.25, 0.3) is 0 Å². The van der Waals surface area contributed by atoms with Crippen LogP contribution in [-0.2, 0) is 16.1 Å². The molecule has 1 saturated heterocycles. The zero-order chi connectivity index (χ0) is 26.9. The van der Waals surface area contributed by atoms with E-state index < -0.39 is 18.1 Å². The second-order valence-corrected chi connectivity index (χ2v) is 10.8. The number of carbonyl (C=O) groups is 1. The summed E-state index contributed by atoms with van der Waals surface area (Å²) < 4.78 is 46.0. The molecule has 0 radical (unpaired) electrons. The van der Waals surface area contributed by atoms with Crippen LogP contribution in [0.2, 0.25) is 0 Å². The second kappa shape index (κ2) is 11.1. The number of carbonyl (C=O) groups excluding carboxylic acids is 1. The molecule has 1 atom stereocenters. The van der Waals surface area contributed by atoms with Crippen LogP contribution >= 0.6 is 0 Å². The van der Waals surface area contributed by atoms with Gasteiger partial charge in [0.2, 0.25) is 5.91 Å². The van der Waals surface area contributed by atoms with Crippen LogP contribution < -0.4 is 20.4 Å². The molecule has 0 bridgehead atoms. The topological polar surface area (TPSA) is 69.7 Å². The highest BCUT2D eigenvalue weighted by molar-refractivity contribution is 6.00. The van der Waals surface area contributed by atoms with Crippen molar-refractivity contribution in [3.8, 4) is 0 Å². The normalized spacial score (nSPS) is 22.8. The van der Waals surface area contributed by atoms with Crippen molar-refractivity contribution in [1.82, 2.24) is 10.3 Å². The average molecular weight is 532 g/mol. The van der Waals surface area contributed by atoms with Gasteiger partial charge in [0.05, 0.1) is 31.1 Å². The van der Waals surface area contributed by atoms with E-state index in [-0.39, 0.29) is 17.9 Å². The Morgan fingerprint density at radius 2 is 1.87 bits per heavy atom. The van der Waals surface area contributed by atoms with Gasteiger partial charge in [-0.05, 0) is 55.9 Å². The predicted octanol–water partition coefficient (Wildman–Crippen LogP) is 5.24. The molecule has 1 amide bonds. The van der Waals surface area contributed by atoms with Gasteiger partial charge >= 0.3 is 6.18 Å². The number of nitrogens with one attached hydrogen (secondary N) is 2. The van der Waals surface area contributed by atoms with E-state index in [1.165, 1.54) is 0 Å². The lowest BCUT2D eigenvalue weighted by molar-refractivity contribution is -0.168. The molecule has 1 aliphatic carbocycles. The zero-order valence-corrected chi connectivity index (χ0v) is 21.9. The fourth-order valence-corrected chi connectivity index (χ4v) is 5.77. The number of rotatable bonds is 5. The summed E-state index contributed by atoms with van der Waals surface area (Å²) in [4.78, 5) is 22.6. The number of fused-ring (bicyclic) bond motifs is 2. The molecule has 7 nitrogen and oxygen atoms in total. The maximum absolute atomic E-state index is 14.0. The number of hydrogen-bond acceptors (Lipinski definition) is 6. The van der Waals surface area contributed by atoms with Gasteiger partial charge in [-0.15, -0.1) is 0 Å². The lowest BCUT2D eigenvalue weighted by Crippen LogP contribution is -2.51. The predicted molar refractivity (Wildman–Crippen MR) is 142 cm³/mol. The number of ether oxygens (including phenoxy) is 1. The quantitative estimate of drug-likeness (QED) is 0.550. The summed E-state index contributed by atoms with van der Waals surface area (Å²) in [6, 6.07) is 8.15. The van der Waals surface area contributed by atoms with Crippen molar-refractivity contribution in [3.63, 3.8) is 0 Å². The minimum atomic E-state index is -4.29. The van der Waals surface area contributed by atoms with E-state index in [9.17, 15) is 18.0 Å². The monoisotopic (exact) mass is 531 g/mol. The molecule has 3 aliphatic rings. The molecular weight excluding hydrogens is 495 g/mol. The summed E-state index contributed by atoms with van der Waals surface area (Å²) in [6.45, 7) is 6.46. The van der Waals surface area contributed by atoms with E-state index in [0.29, 0.717) is 45.4 Å². The van der Waals surface area contributed by atoms with Crippen LogP contribution in [0, 0.1) is 11.8 Å². The second-order valence-electron chi connectivity index (χ2n) is 10.8. The molecule has 1 aromatic heterocycles. The van der Waals surface area contributed by atoms with Gasteiger partial charge in [-0.3, -0.25) is 4.79 Å². The van der Waals surface area contributed by atoms with Gasteiger partial charge in [-0.2, -0.15) is 13.2 Å². The first-order valence-electron chi connectivity index (χ1n) is 13.5. The molecule has 5 rings (SSSR count). The summed E-state index contributed by atoms with van der Waals surface area (Å²) in [5, 5.41) is 6.24. The minimum absolute atomic E-state index is 0.0126. The number of nitrogens with zero attached hydrogens (tertiary/aromatic N) is 3. The van der Waals surface area contributed by atoms with Gasteiger partial charge in [0, 0.05) is 42.5 Å². The highest BCUT2D eigenvalue weighted by Gasteiger charge is 2.43. The summed E-state index contributed by atoms with van der Waals surface area (Å²) in [5.74, 6) is -0.0548. The molecule has 2 aromatic rings. The minimum Gasteiger partial charge on any atom is -0.378 e. The number of alkyl halides is 3. The van der Waals surface area contributed by atoms with Crippen LogP contribution in [0.4, 0.5) is 36.1 Å². The summed E-state index contributed by atoms with van der Waals surface area (Å²) in [7, 11) is 0. The molecule has 0 spiro atoms. The Balaban J connectivity index is 1.36. The molecule has 3 heterocycles. The SMILES string of the molecule is CC(C)C(NC1CCC(C(=O)N2Cc3cccnc3Nc3ccc(N4CCOCC4)cc32)CC1)C(F)(F)F. The Morgan fingerprint density at radius 3 is 2.55 bits per heavy atom. The first-order valence-corrected chi connectivity index (χ1v) is 13.5. The lowest BCUT2D eigenvalue weighted by atomic mass is 9.84. The summed E-state index contributed by atoms with van der Waals surface area (Å²) in [6.07, 6.45) is -0.363. The zero-order valence-electron chi connectivity index (χ0n) is 21.9. The maximum Gasteiger partial charge on any atom is 0.404 e. The van der Waals surface area contributed by atoms with Crippen LogP contribution in [0.1, 0.15) is 45.1 Å². The number of hydrogen-bond donors (Lipinski definition) is 2. The highest BCUT2D eigenvalue weighted by Crippen LogP contribution is 2.40. The van der Waals surface area contributed by atoms with Crippen molar-refractivity contribution >= 4 is 28.8 Å². The molecule has 2 aliphatic heterocycles. The van der Waals surface area contributed by atoms with Gasteiger partial charge in [-0.1, -0.05) is 19.9 Å². The Hall–Kier alpha value is -2.85. The van der Waals surface area contributed by atoms with Gasteiger partial charge in [0.1, 0.15) is 11.9 Å². The van der Waals surface area contributed by atoms with Crippen molar-refractivity contribution in [1.29, 1.82) is 0 Å². The Morgan fingerprint density at radius 1 is 1.13 bits per heavy atom. The third-order valence-corrected chi connectivity index (χ3v) is 7.90. The van der Waals surface area contributed by atoms with Crippen molar-refractivity contribution < 1.29 is 22.7 Å². The fraction of sp³-hybridized carbons (Fsp3) is 0.571. The van der Waals surface area contributed by atoms with Crippen LogP contribution in [0.15, 0.2) is 36.5 Å². The Bertz CT molecular complexity index is 1130. The van der Waals surface area contributed by atoms with Gasteiger partial charge in [0.15, 0.2) is 0 Å². The molecule has 206 valence electrons. The molecule has 1 saturated carbocycles. The van der Waals surface area contributed by atoms with Crippen molar-refractivity contribution in [2.24, 2.45) is 11.8 Å². The fourth-order valence-electron chi connectivity index (χ4n) is 5.77. The number of morpholine rings is 1. The van der Waals surface area contributed by atoms with Crippen LogP contribution in [-0.4, -0.2) is 55.5 Å². The Labute approximate surface area is 221 Å². The number of benzene rings is 1. The van der Waals surface area contributed by atoms with E-state index in [1.54, 1.807) is 20.0 Å². The van der Waals surface area contributed by atoms with E-state index >= 15 is 0 Å². The molecule has 10 heteroatoms. The highest BCUT2D eigenvalue weighted by atomic mass is 19.4. The van der Waals surface area contributed by atoms with Crippen molar-refractivity contribution in [3.05, 3.63) is 42.1 Å². The average Bonchev–Trinajstić information content (AvgIpc) is 3.07. The first-order chi connectivity index (χ1) is 18.2. The number of amides is 1. The number of pyridine rings is 1. The number of anilines is 4. The summed E-state index contributed by atoms with van der Waals surface area (Å²) >= 11 is 0. The third kappa shape index (κ3) is 5.76. The third-order valence-electron chi connectivity index (χ3n) is 7.90. The largest absolute Gasteiger partial charge is 0.404 e. The van der Waals surface area contributed by atoms with Crippen LogP contribution in [0.25, 0.3) is 0 Å². The van der Waals surface area contributed by atoms with Gasteiger partial charge < -0.3 is 25.2 Å². The van der Waals surface area contributed by atoms with E-state index in [1.807, 2.05) is 23.1 Å². The molecule has 1 unspecified atom stereocenters. The lowest BCUT2D eigenvalue weighted by Gasteiger charge is -2.36. The van der Waals surface area contributed by atoms with E-state index in [0.717, 1.165) is 41.5 Å². The van der Waals surface area contributed by atoms with E-state index in [4.69, 9.17) is 4.74 Å². The van der Waals surface area contributed by atoms with Crippen LogP contribution in [0.3, 0.4) is 0 Å². The molecule has 38 heavy (non-hydrogen) atoms. The molecular formula is C28H36F3N5O2.